The monoisotopic (exact) mass is 342 g/mol. The summed E-state index contributed by atoms with van der Waals surface area (Å²) >= 11 is 6.25. The molecule has 1 aromatic carbocycles. The molecule has 2 atom stereocenters. The molecule has 2 rings (SSSR count). The van der Waals surface area contributed by atoms with Crippen molar-refractivity contribution in [2.75, 3.05) is 26.2 Å². The molecule has 1 amide bonds. The van der Waals surface area contributed by atoms with Gasteiger partial charge in [0, 0.05) is 36.1 Å². The van der Waals surface area contributed by atoms with Crippen molar-refractivity contribution in [3.63, 3.8) is 0 Å². The number of ether oxygens (including phenoxy) is 1. The summed E-state index contributed by atoms with van der Waals surface area (Å²) in [5.74, 6) is -0.514. The second-order valence-electron chi connectivity index (χ2n) is 6.23. The molecule has 4 nitrogen and oxygen atoms in total. The second-order valence-corrected chi connectivity index (χ2v) is 6.63. The summed E-state index contributed by atoms with van der Waals surface area (Å²) in [4.78, 5) is 14.0. The largest absolute Gasteiger partial charge is 0.376 e. The number of amides is 1. The number of benzene rings is 1. The van der Waals surface area contributed by atoms with Crippen molar-refractivity contribution >= 4 is 17.5 Å². The first kappa shape index (κ1) is 18.2. The third-order valence-electron chi connectivity index (χ3n) is 4.04. The smallest absolute Gasteiger partial charge is 0.222 e. The van der Waals surface area contributed by atoms with Crippen LogP contribution < -0.4 is 5.32 Å². The van der Waals surface area contributed by atoms with Crippen LogP contribution in [0.3, 0.4) is 0 Å². The molecule has 1 aliphatic rings. The average molecular weight is 343 g/mol. The van der Waals surface area contributed by atoms with Crippen LogP contribution in [0.1, 0.15) is 32.4 Å². The Labute approximate surface area is 141 Å². The van der Waals surface area contributed by atoms with E-state index in [0.717, 1.165) is 0 Å². The molecule has 1 aromatic rings. The first-order valence-electron chi connectivity index (χ1n) is 7.97. The van der Waals surface area contributed by atoms with E-state index in [-0.39, 0.29) is 29.8 Å². The van der Waals surface area contributed by atoms with Gasteiger partial charge in [0.1, 0.15) is 5.82 Å². The second kappa shape index (κ2) is 8.08. The highest BCUT2D eigenvalue weighted by atomic mass is 35.5. The first-order chi connectivity index (χ1) is 10.9. The van der Waals surface area contributed by atoms with Crippen molar-refractivity contribution < 1.29 is 13.9 Å². The number of halogens is 2. The molecular formula is C17H24ClFN2O2. The molecule has 0 radical (unpaired) electrons. The van der Waals surface area contributed by atoms with Crippen molar-refractivity contribution in [2.45, 2.75) is 32.9 Å². The number of nitrogens with one attached hydrogen (secondary N) is 1. The molecule has 1 saturated heterocycles. The van der Waals surface area contributed by atoms with Gasteiger partial charge >= 0.3 is 0 Å². The summed E-state index contributed by atoms with van der Waals surface area (Å²) in [6.07, 6.45) is 0.0672. The van der Waals surface area contributed by atoms with Gasteiger partial charge in [-0.2, -0.15) is 0 Å². The van der Waals surface area contributed by atoms with Gasteiger partial charge in [-0.15, -0.1) is 0 Å². The van der Waals surface area contributed by atoms with Gasteiger partial charge in [0.05, 0.1) is 18.8 Å². The van der Waals surface area contributed by atoms with Crippen LogP contribution in [0.4, 0.5) is 4.39 Å². The van der Waals surface area contributed by atoms with Gasteiger partial charge in [-0.25, -0.2) is 4.39 Å². The highest BCUT2D eigenvalue weighted by Crippen LogP contribution is 2.31. The Bertz CT molecular complexity index is 533. The Morgan fingerprint density at radius 1 is 1.52 bits per heavy atom. The Morgan fingerprint density at radius 2 is 2.26 bits per heavy atom. The molecule has 0 aromatic heterocycles. The van der Waals surface area contributed by atoms with Crippen LogP contribution in [0.25, 0.3) is 0 Å². The summed E-state index contributed by atoms with van der Waals surface area (Å²) in [7, 11) is 0. The molecule has 0 spiro atoms. The van der Waals surface area contributed by atoms with E-state index in [1.165, 1.54) is 6.07 Å². The van der Waals surface area contributed by atoms with Crippen LogP contribution >= 0.6 is 11.6 Å². The fourth-order valence-corrected chi connectivity index (χ4v) is 3.06. The molecule has 0 saturated carbocycles. The lowest BCUT2D eigenvalue weighted by atomic mass is 10.0. The Kier molecular flexibility index (Phi) is 6.39. The quantitative estimate of drug-likeness (QED) is 0.894. The van der Waals surface area contributed by atoms with Crippen molar-refractivity contribution in [2.24, 2.45) is 5.92 Å². The van der Waals surface area contributed by atoms with Crippen LogP contribution in [0.2, 0.25) is 5.02 Å². The molecule has 1 N–H and O–H groups in total. The van der Waals surface area contributed by atoms with Gasteiger partial charge in [-0.1, -0.05) is 31.5 Å². The number of carbonyl (C=O) groups excluding carboxylic acids is 1. The maximum Gasteiger partial charge on any atom is 0.222 e. The minimum absolute atomic E-state index is 0.0521. The van der Waals surface area contributed by atoms with Gasteiger partial charge in [0.15, 0.2) is 0 Å². The van der Waals surface area contributed by atoms with Gasteiger partial charge in [0.25, 0.3) is 0 Å². The molecule has 128 valence electrons. The lowest BCUT2D eigenvalue weighted by molar-refractivity contribution is -0.124. The molecule has 0 aliphatic carbocycles. The van der Waals surface area contributed by atoms with Crippen LogP contribution in [0.5, 0.6) is 0 Å². The highest BCUT2D eigenvalue weighted by Gasteiger charge is 2.29. The minimum atomic E-state index is -0.347. The molecule has 1 aliphatic heterocycles. The van der Waals surface area contributed by atoms with Crippen LogP contribution in [0.15, 0.2) is 18.2 Å². The Hall–Kier alpha value is -1.17. The molecule has 1 fully saturated rings. The van der Waals surface area contributed by atoms with Crippen LogP contribution in [-0.2, 0) is 9.53 Å². The van der Waals surface area contributed by atoms with E-state index in [9.17, 15) is 9.18 Å². The summed E-state index contributed by atoms with van der Waals surface area (Å²) in [6, 6.07) is 4.37. The standard InChI is InChI=1S/C17H24ClFN2O2/c1-11(2)17(22)20-9-15(21-7-8-23-12(3)10-21)16-13(18)5-4-6-14(16)19/h4-6,11-12,15H,7-10H2,1-3H3,(H,20,22)/t12-,15+/m0/s1. The molecule has 1 heterocycles. The molecule has 0 unspecified atom stereocenters. The molecular weight excluding hydrogens is 319 g/mol. The third-order valence-corrected chi connectivity index (χ3v) is 4.37. The predicted octanol–water partition coefficient (Wildman–Crippen LogP) is 3.01. The Balaban J connectivity index is 2.25. The zero-order chi connectivity index (χ0) is 17.0. The number of morpholine rings is 1. The number of carbonyl (C=O) groups is 1. The zero-order valence-electron chi connectivity index (χ0n) is 13.8. The van der Waals surface area contributed by atoms with Gasteiger partial charge in [-0.05, 0) is 19.1 Å². The van der Waals surface area contributed by atoms with E-state index in [2.05, 4.69) is 10.2 Å². The van der Waals surface area contributed by atoms with E-state index in [4.69, 9.17) is 16.3 Å². The van der Waals surface area contributed by atoms with Gasteiger partial charge in [-0.3, -0.25) is 9.69 Å². The van der Waals surface area contributed by atoms with Crippen LogP contribution in [0, 0.1) is 11.7 Å². The Morgan fingerprint density at radius 3 is 2.87 bits per heavy atom. The maximum atomic E-state index is 14.4. The molecule has 6 heteroatoms. The molecule has 0 bridgehead atoms. The first-order valence-corrected chi connectivity index (χ1v) is 8.35. The zero-order valence-corrected chi connectivity index (χ0v) is 14.6. The summed E-state index contributed by atoms with van der Waals surface area (Å²) in [5, 5.41) is 3.28. The van der Waals surface area contributed by atoms with Crippen molar-refractivity contribution in [1.29, 1.82) is 0 Å². The van der Waals surface area contributed by atoms with Crippen molar-refractivity contribution in [1.82, 2.24) is 10.2 Å². The molecule has 23 heavy (non-hydrogen) atoms. The lowest BCUT2D eigenvalue weighted by Gasteiger charge is -2.38. The highest BCUT2D eigenvalue weighted by molar-refractivity contribution is 6.31. The normalized spacial score (nSPS) is 20.5. The fourth-order valence-electron chi connectivity index (χ4n) is 2.77. The van der Waals surface area contributed by atoms with E-state index < -0.39 is 0 Å². The number of nitrogens with zero attached hydrogens (tertiary/aromatic N) is 1. The maximum absolute atomic E-state index is 14.4. The summed E-state index contributed by atoms with van der Waals surface area (Å²) < 4.78 is 19.9. The van der Waals surface area contributed by atoms with E-state index in [1.54, 1.807) is 12.1 Å². The third kappa shape index (κ3) is 4.66. The SMILES string of the molecule is CC(C)C(=O)NC[C@H](c1c(F)cccc1Cl)N1CCO[C@@H](C)C1. The minimum Gasteiger partial charge on any atom is -0.376 e. The van der Waals surface area contributed by atoms with Crippen LogP contribution in [-0.4, -0.2) is 43.2 Å². The van der Waals surface area contributed by atoms with Gasteiger partial charge < -0.3 is 10.1 Å². The number of hydrogen-bond donors (Lipinski definition) is 1. The lowest BCUT2D eigenvalue weighted by Crippen LogP contribution is -2.47. The summed E-state index contributed by atoms with van der Waals surface area (Å²) in [5.41, 5.74) is 0.437. The van der Waals surface area contributed by atoms with E-state index >= 15 is 0 Å². The average Bonchev–Trinajstić information content (AvgIpc) is 2.49. The number of hydrogen-bond acceptors (Lipinski definition) is 3. The van der Waals surface area contributed by atoms with E-state index in [0.29, 0.717) is 36.8 Å². The topological polar surface area (TPSA) is 41.6 Å². The van der Waals surface area contributed by atoms with Crippen molar-refractivity contribution in [3.05, 3.63) is 34.6 Å². The fraction of sp³-hybridized carbons (Fsp3) is 0.588. The number of rotatable bonds is 5. The predicted molar refractivity (Wildman–Crippen MR) is 89.0 cm³/mol. The van der Waals surface area contributed by atoms with Crippen molar-refractivity contribution in [3.8, 4) is 0 Å². The summed E-state index contributed by atoms with van der Waals surface area (Å²) in [6.45, 7) is 7.91. The van der Waals surface area contributed by atoms with E-state index in [1.807, 2.05) is 20.8 Å². The van der Waals surface area contributed by atoms with Gasteiger partial charge in [0.2, 0.25) is 5.91 Å².